The van der Waals surface area contributed by atoms with Crippen molar-refractivity contribution >= 4 is 39.6 Å². The van der Waals surface area contributed by atoms with E-state index in [1.165, 1.54) is 0 Å². The fourth-order valence-corrected chi connectivity index (χ4v) is 3.83. The maximum atomic E-state index is 13.0. The summed E-state index contributed by atoms with van der Waals surface area (Å²) in [5.74, 6) is 0.0116. The number of anilines is 1. The van der Waals surface area contributed by atoms with E-state index in [2.05, 4.69) is 15.6 Å². The Morgan fingerprint density at radius 2 is 1.78 bits per heavy atom. The van der Waals surface area contributed by atoms with E-state index in [-0.39, 0.29) is 32.2 Å². The minimum absolute atomic E-state index is 0.175. The van der Waals surface area contributed by atoms with Gasteiger partial charge in [0.1, 0.15) is 30.6 Å². The number of nitrogens with zero attached hydrogens (tertiary/aromatic N) is 3. The van der Waals surface area contributed by atoms with Crippen molar-refractivity contribution in [2.24, 2.45) is 0 Å². The molecule has 0 aliphatic carbocycles. The maximum Gasteiger partial charge on any atom is 0.247 e. The first-order valence-corrected chi connectivity index (χ1v) is 12.5. The number of para-hydroxylation sites is 1. The highest BCUT2D eigenvalue weighted by molar-refractivity contribution is 6.10. The molecule has 1 aromatic carbocycles. The number of hydrogen-bond donors (Lipinski definition) is 3. The molecule has 1 atom stereocenters. The van der Waals surface area contributed by atoms with E-state index >= 15 is 0 Å². The molecular weight excluding hydrogens is 478 g/mol. The molecule has 0 aliphatic heterocycles. The van der Waals surface area contributed by atoms with Crippen molar-refractivity contribution in [3.8, 4) is 0 Å². The molecule has 0 radical (unpaired) electrons. The molecule has 37 heavy (non-hydrogen) atoms. The number of amides is 2. The SMILES string of the molecule is CCOCCOCC(=O)N[C@@H](C)C(=O)Nc1nc2ccccc2c2c1nc(COCC)n2CC(C)(C)O. The van der Waals surface area contributed by atoms with Crippen molar-refractivity contribution < 1.29 is 28.9 Å². The van der Waals surface area contributed by atoms with Crippen molar-refractivity contribution in [2.45, 2.75) is 59.4 Å². The number of pyridine rings is 1. The normalized spacial score (nSPS) is 12.7. The number of carbonyl (C=O) groups excluding carboxylic acids is 2. The number of hydrogen-bond acceptors (Lipinski definition) is 8. The lowest BCUT2D eigenvalue weighted by Crippen LogP contribution is -2.43. The standard InChI is InChI=1S/C26H37N5O6/c1-6-35-12-13-37-15-21(32)27-17(3)25(33)30-24-22-23(18-10-8-9-11-19(18)28-24)31(16-26(4,5)34)20(29-22)14-36-7-2/h8-11,17,34H,6-7,12-16H2,1-5H3,(H,27,32)(H,28,30,33)/t17-/m0/s1. The number of benzene rings is 1. The molecule has 3 rings (SSSR count). The van der Waals surface area contributed by atoms with Gasteiger partial charge in [0.25, 0.3) is 0 Å². The number of aliphatic hydroxyl groups is 1. The van der Waals surface area contributed by atoms with Gasteiger partial charge in [0, 0.05) is 18.6 Å². The first kappa shape index (κ1) is 28.5. The van der Waals surface area contributed by atoms with Crippen molar-refractivity contribution in [3.63, 3.8) is 0 Å². The molecule has 0 unspecified atom stereocenters. The van der Waals surface area contributed by atoms with Gasteiger partial charge in [-0.3, -0.25) is 9.59 Å². The fraction of sp³-hybridized carbons (Fsp3) is 0.538. The van der Waals surface area contributed by atoms with Crippen LogP contribution in [0.3, 0.4) is 0 Å². The van der Waals surface area contributed by atoms with Gasteiger partial charge in [-0.15, -0.1) is 0 Å². The molecule has 2 aromatic heterocycles. The number of rotatable bonds is 14. The number of aromatic nitrogens is 3. The molecule has 0 aliphatic rings. The Hall–Kier alpha value is -3.12. The van der Waals surface area contributed by atoms with Crippen LogP contribution in [0.2, 0.25) is 0 Å². The van der Waals surface area contributed by atoms with Gasteiger partial charge in [0.05, 0.1) is 36.4 Å². The zero-order valence-electron chi connectivity index (χ0n) is 22.2. The second-order valence-corrected chi connectivity index (χ2v) is 9.27. The van der Waals surface area contributed by atoms with E-state index in [0.717, 1.165) is 10.9 Å². The van der Waals surface area contributed by atoms with Crippen LogP contribution in [0.4, 0.5) is 5.82 Å². The van der Waals surface area contributed by atoms with Gasteiger partial charge in [-0.1, -0.05) is 18.2 Å². The van der Waals surface area contributed by atoms with Crippen LogP contribution in [0.25, 0.3) is 21.9 Å². The van der Waals surface area contributed by atoms with Gasteiger partial charge in [0.15, 0.2) is 5.82 Å². The third-order valence-corrected chi connectivity index (χ3v) is 5.46. The van der Waals surface area contributed by atoms with Crippen LogP contribution >= 0.6 is 0 Å². The van der Waals surface area contributed by atoms with Crippen LogP contribution in [0.5, 0.6) is 0 Å². The van der Waals surface area contributed by atoms with Crippen LogP contribution in [0, 0.1) is 0 Å². The number of imidazole rings is 1. The Morgan fingerprint density at radius 3 is 2.49 bits per heavy atom. The van der Waals surface area contributed by atoms with Gasteiger partial charge < -0.3 is 34.5 Å². The fourth-order valence-electron chi connectivity index (χ4n) is 3.83. The number of fused-ring (bicyclic) bond motifs is 3. The Labute approximate surface area is 216 Å². The zero-order valence-corrected chi connectivity index (χ0v) is 22.2. The van der Waals surface area contributed by atoms with Gasteiger partial charge >= 0.3 is 0 Å². The summed E-state index contributed by atoms with van der Waals surface area (Å²) in [4.78, 5) is 34.6. The predicted octanol–water partition coefficient (Wildman–Crippen LogP) is 2.39. The number of ether oxygens (including phenoxy) is 3. The molecule has 0 saturated heterocycles. The molecule has 0 fully saturated rings. The summed E-state index contributed by atoms with van der Waals surface area (Å²) >= 11 is 0. The Bertz CT molecular complexity index is 1220. The van der Waals surface area contributed by atoms with E-state index in [1.807, 2.05) is 42.7 Å². The summed E-state index contributed by atoms with van der Waals surface area (Å²) in [6, 6.07) is 6.70. The van der Waals surface area contributed by atoms with Crippen LogP contribution in [0.1, 0.15) is 40.4 Å². The second kappa shape index (κ2) is 12.9. The molecule has 2 heterocycles. The van der Waals surface area contributed by atoms with E-state index < -0.39 is 23.5 Å². The van der Waals surface area contributed by atoms with E-state index in [9.17, 15) is 14.7 Å². The summed E-state index contributed by atoms with van der Waals surface area (Å²) < 4.78 is 18.0. The number of carbonyl (C=O) groups is 2. The summed E-state index contributed by atoms with van der Waals surface area (Å²) in [6.45, 7) is 10.9. The highest BCUT2D eigenvalue weighted by Crippen LogP contribution is 2.31. The van der Waals surface area contributed by atoms with E-state index in [4.69, 9.17) is 19.2 Å². The van der Waals surface area contributed by atoms with Crippen LogP contribution < -0.4 is 10.6 Å². The molecule has 3 N–H and O–H groups in total. The highest BCUT2D eigenvalue weighted by Gasteiger charge is 2.25. The van der Waals surface area contributed by atoms with Crippen molar-refractivity contribution in [3.05, 3.63) is 30.1 Å². The summed E-state index contributed by atoms with van der Waals surface area (Å²) in [7, 11) is 0. The van der Waals surface area contributed by atoms with Crippen LogP contribution in [0.15, 0.2) is 24.3 Å². The molecule has 202 valence electrons. The Morgan fingerprint density at radius 1 is 1.08 bits per heavy atom. The van der Waals surface area contributed by atoms with Gasteiger partial charge in [-0.2, -0.15) is 0 Å². The van der Waals surface area contributed by atoms with Crippen molar-refractivity contribution in [2.75, 3.05) is 38.4 Å². The Kier molecular flexibility index (Phi) is 9.93. The minimum Gasteiger partial charge on any atom is -0.389 e. The highest BCUT2D eigenvalue weighted by atomic mass is 16.5. The molecule has 3 aromatic rings. The lowest BCUT2D eigenvalue weighted by atomic mass is 10.1. The first-order chi connectivity index (χ1) is 17.6. The molecule has 0 saturated carbocycles. The molecule has 0 bridgehead atoms. The van der Waals surface area contributed by atoms with E-state index in [1.54, 1.807) is 20.8 Å². The monoisotopic (exact) mass is 515 g/mol. The lowest BCUT2D eigenvalue weighted by molar-refractivity contribution is -0.129. The van der Waals surface area contributed by atoms with Gasteiger partial charge in [0.2, 0.25) is 11.8 Å². The molecule has 11 heteroatoms. The minimum atomic E-state index is -1.02. The van der Waals surface area contributed by atoms with Crippen LogP contribution in [-0.2, 0) is 37.0 Å². The number of nitrogens with one attached hydrogen (secondary N) is 2. The molecule has 0 spiro atoms. The largest absolute Gasteiger partial charge is 0.389 e. The third kappa shape index (κ3) is 7.68. The average Bonchev–Trinajstić information content (AvgIpc) is 3.19. The average molecular weight is 516 g/mol. The second-order valence-electron chi connectivity index (χ2n) is 9.27. The zero-order chi connectivity index (χ0) is 27.0. The summed E-state index contributed by atoms with van der Waals surface area (Å²) in [5, 5.41) is 16.9. The van der Waals surface area contributed by atoms with Crippen LogP contribution in [-0.4, -0.2) is 76.1 Å². The lowest BCUT2D eigenvalue weighted by Gasteiger charge is -2.21. The maximum absolute atomic E-state index is 13.0. The predicted molar refractivity (Wildman–Crippen MR) is 140 cm³/mol. The quantitative estimate of drug-likeness (QED) is 0.278. The topological polar surface area (TPSA) is 137 Å². The van der Waals surface area contributed by atoms with E-state index in [0.29, 0.717) is 36.7 Å². The Balaban J connectivity index is 1.89. The van der Waals surface area contributed by atoms with Crippen molar-refractivity contribution in [1.29, 1.82) is 0 Å². The van der Waals surface area contributed by atoms with Gasteiger partial charge in [-0.25, -0.2) is 9.97 Å². The smallest absolute Gasteiger partial charge is 0.247 e. The summed E-state index contributed by atoms with van der Waals surface area (Å²) in [5.41, 5.74) is 0.844. The first-order valence-electron chi connectivity index (χ1n) is 12.5. The molecular formula is C26H37N5O6. The third-order valence-electron chi connectivity index (χ3n) is 5.46. The van der Waals surface area contributed by atoms with Gasteiger partial charge in [-0.05, 0) is 40.7 Å². The van der Waals surface area contributed by atoms with Crippen molar-refractivity contribution in [1.82, 2.24) is 19.9 Å². The molecule has 2 amide bonds. The molecule has 11 nitrogen and oxygen atoms in total. The summed E-state index contributed by atoms with van der Waals surface area (Å²) in [6.07, 6.45) is 0.